The zero-order valence-corrected chi connectivity index (χ0v) is 15.2. The van der Waals surface area contributed by atoms with E-state index in [0.29, 0.717) is 0 Å². The topological polar surface area (TPSA) is 84.0 Å². The molecule has 1 aliphatic heterocycles. The van der Waals surface area contributed by atoms with Gasteiger partial charge < -0.3 is 9.64 Å². The molecule has 0 aromatic heterocycles. The molecule has 0 aliphatic carbocycles. The lowest BCUT2D eigenvalue weighted by atomic mass is 10.0. The van der Waals surface area contributed by atoms with Crippen molar-refractivity contribution in [2.45, 2.75) is 46.3 Å². The summed E-state index contributed by atoms with van der Waals surface area (Å²) in [5.41, 5.74) is -0.652. The molecule has 0 radical (unpaired) electrons. The van der Waals surface area contributed by atoms with Gasteiger partial charge in [-0.15, -0.1) is 0 Å². The van der Waals surface area contributed by atoms with E-state index in [0.717, 1.165) is 9.71 Å². The van der Waals surface area contributed by atoms with Crippen molar-refractivity contribution in [3.63, 3.8) is 0 Å². The molecule has 0 unspecified atom stereocenters. The molecule has 0 aromatic carbocycles. The van der Waals surface area contributed by atoms with Gasteiger partial charge in [-0.05, 0) is 26.7 Å². The Bertz CT molecular complexity index is 577. The molecule has 1 saturated heterocycles. The van der Waals surface area contributed by atoms with Gasteiger partial charge in [-0.2, -0.15) is 4.31 Å². The predicted molar refractivity (Wildman–Crippen MR) is 86.9 cm³/mol. The van der Waals surface area contributed by atoms with E-state index in [2.05, 4.69) is 6.58 Å². The molecular weight excluding hydrogens is 320 g/mol. The lowest BCUT2D eigenvalue weighted by Crippen LogP contribution is -2.59. The Balaban J connectivity index is 2.93. The molecule has 0 aromatic rings. The number of ether oxygens (including phenoxy) is 1. The van der Waals surface area contributed by atoms with Gasteiger partial charge in [0.1, 0.15) is 11.6 Å². The third-order valence-electron chi connectivity index (χ3n) is 3.41. The van der Waals surface area contributed by atoms with Gasteiger partial charge >= 0.3 is 5.97 Å². The van der Waals surface area contributed by atoms with Crippen molar-refractivity contribution in [2.75, 3.05) is 19.6 Å². The van der Waals surface area contributed by atoms with Crippen molar-refractivity contribution in [2.24, 2.45) is 5.92 Å². The minimum Gasteiger partial charge on any atom is -0.458 e. The van der Waals surface area contributed by atoms with Crippen molar-refractivity contribution in [1.29, 1.82) is 0 Å². The molecule has 132 valence electrons. The smallest absolute Gasteiger partial charge is 0.329 e. The Labute approximate surface area is 138 Å². The fraction of sp³-hybridized carbons (Fsp3) is 0.733. The van der Waals surface area contributed by atoms with Crippen LogP contribution < -0.4 is 0 Å². The Morgan fingerprint density at radius 3 is 2.26 bits per heavy atom. The Morgan fingerprint density at radius 2 is 1.87 bits per heavy atom. The Kier molecular flexibility index (Phi) is 5.98. The monoisotopic (exact) mass is 346 g/mol. The lowest BCUT2D eigenvalue weighted by Gasteiger charge is -2.39. The van der Waals surface area contributed by atoms with E-state index in [1.165, 1.54) is 4.90 Å². The molecule has 0 saturated carbocycles. The summed E-state index contributed by atoms with van der Waals surface area (Å²) >= 11 is 0. The minimum atomic E-state index is -3.64. The molecule has 8 heteroatoms. The summed E-state index contributed by atoms with van der Waals surface area (Å²) in [6.07, 6.45) is 0. The average Bonchev–Trinajstić information content (AvgIpc) is 2.38. The number of nitrogens with zero attached hydrogens (tertiary/aromatic N) is 2. The molecule has 1 aliphatic rings. The van der Waals surface area contributed by atoms with Crippen LogP contribution in [0.5, 0.6) is 0 Å². The molecule has 7 nitrogen and oxygen atoms in total. The first-order valence-corrected chi connectivity index (χ1v) is 9.04. The SMILES string of the molecule is C=CS(=O)(=O)N1CCN([C@H](C(=O)OC(C)(C)C)C(C)C)C(=O)C1. The molecule has 0 spiro atoms. The maximum absolute atomic E-state index is 12.4. The average molecular weight is 346 g/mol. The van der Waals surface area contributed by atoms with Crippen LogP contribution in [-0.2, 0) is 24.3 Å². The van der Waals surface area contributed by atoms with E-state index in [9.17, 15) is 18.0 Å². The predicted octanol–water partition coefficient (Wildman–Crippen LogP) is 0.970. The van der Waals surface area contributed by atoms with Crippen molar-refractivity contribution in [1.82, 2.24) is 9.21 Å². The fourth-order valence-electron chi connectivity index (χ4n) is 2.40. The van der Waals surface area contributed by atoms with Crippen LogP contribution in [-0.4, -0.2) is 60.8 Å². The third-order valence-corrected chi connectivity index (χ3v) is 4.86. The van der Waals surface area contributed by atoms with Gasteiger partial charge in [0.2, 0.25) is 15.9 Å². The molecule has 1 atom stereocenters. The highest BCUT2D eigenvalue weighted by atomic mass is 32.2. The van der Waals surface area contributed by atoms with Gasteiger partial charge in [0.25, 0.3) is 0 Å². The second-order valence-electron chi connectivity index (χ2n) is 6.85. The highest BCUT2D eigenvalue weighted by molar-refractivity contribution is 7.92. The zero-order valence-electron chi connectivity index (χ0n) is 14.4. The summed E-state index contributed by atoms with van der Waals surface area (Å²) in [6.45, 7) is 12.2. The van der Waals surface area contributed by atoms with Crippen LogP contribution in [0.25, 0.3) is 0 Å². The van der Waals surface area contributed by atoms with Gasteiger partial charge in [0, 0.05) is 18.5 Å². The van der Waals surface area contributed by atoms with Gasteiger partial charge in [0.15, 0.2) is 0 Å². The van der Waals surface area contributed by atoms with Crippen LogP contribution in [0.15, 0.2) is 12.0 Å². The summed E-state index contributed by atoms with van der Waals surface area (Å²) in [5, 5.41) is 0.823. The number of rotatable bonds is 5. The van der Waals surface area contributed by atoms with Crippen molar-refractivity contribution in [3.8, 4) is 0 Å². The van der Waals surface area contributed by atoms with E-state index in [-0.39, 0.29) is 25.6 Å². The van der Waals surface area contributed by atoms with E-state index in [4.69, 9.17) is 4.74 Å². The number of hydrogen-bond donors (Lipinski definition) is 0. The van der Waals surface area contributed by atoms with Crippen LogP contribution in [0, 0.1) is 5.92 Å². The van der Waals surface area contributed by atoms with Gasteiger partial charge in [-0.1, -0.05) is 20.4 Å². The lowest BCUT2D eigenvalue weighted by molar-refractivity contribution is -0.168. The Morgan fingerprint density at radius 1 is 1.30 bits per heavy atom. The first kappa shape index (κ1) is 19.6. The number of piperazine rings is 1. The van der Waals surface area contributed by atoms with Crippen LogP contribution in [0.3, 0.4) is 0 Å². The minimum absolute atomic E-state index is 0.131. The molecule has 0 N–H and O–H groups in total. The largest absolute Gasteiger partial charge is 0.458 e. The Hall–Kier alpha value is -1.41. The van der Waals surface area contributed by atoms with Gasteiger partial charge in [-0.3, -0.25) is 4.79 Å². The molecule has 23 heavy (non-hydrogen) atoms. The van der Waals surface area contributed by atoms with E-state index < -0.39 is 33.5 Å². The van der Waals surface area contributed by atoms with Crippen molar-refractivity contribution in [3.05, 3.63) is 12.0 Å². The van der Waals surface area contributed by atoms with Gasteiger partial charge in [-0.25, -0.2) is 13.2 Å². The summed E-state index contributed by atoms with van der Waals surface area (Å²) in [4.78, 5) is 26.2. The van der Waals surface area contributed by atoms with Crippen LogP contribution in [0.2, 0.25) is 0 Å². The van der Waals surface area contributed by atoms with E-state index in [1.807, 2.05) is 13.8 Å². The summed E-state index contributed by atoms with van der Waals surface area (Å²) in [6, 6.07) is -0.727. The van der Waals surface area contributed by atoms with Crippen LogP contribution in [0.1, 0.15) is 34.6 Å². The van der Waals surface area contributed by atoms with E-state index >= 15 is 0 Å². The highest BCUT2D eigenvalue weighted by Crippen LogP contribution is 2.20. The first-order chi connectivity index (χ1) is 10.4. The second kappa shape index (κ2) is 7.00. The van der Waals surface area contributed by atoms with E-state index in [1.54, 1.807) is 20.8 Å². The maximum atomic E-state index is 12.4. The van der Waals surface area contributed by atoms with Crippen LogP contribution >= 0.6 is 0 Å². The maximum Gasteiger partial charge on any atom is 0.329 e. The molecule has 0 bridgehead atoms. The van der Waals surface area contributed by atoms with Crippen molar-refractivity contribution < 1.29 is 22.7 Å². The normalized spacial score (nSPS) is 18.9. The highest BCUT2D eigenvalue weighted by Gasteiger charge is 2.39. The van der Waals surface area contributed by atoms with Crippen molar-refractivity contribution >= 4 is 21.9 Å². The number of hydrogen-bond acceptors (Lipinski definition) is 5. The number of esters is 1. The number of amides is 1. The number of sulfonamides is 1. The van der Waals surface area contributed by atoms with Crippen LogP contribution in [0.4, 0.5) is 0 Å². The molecule has 1 rings (SSSR count). The summed E-state index contributed by atoms with van der Waals surface area (Å²) < 4.78 is 30.0. The first-order valence-electron chi connectivity index (χ1n) is 7.54. The molecule has 1 fully saturated rings. The zero-order chi connectivity index (χ0) is 18.0. The standard InChI is InChI=1S/C15H26N2O5S/c1-7-23(20,21)16-8-9-17(12(18)10-16)13(11(2)3)14(19)22-15(4,5)6/h7,11,13H,1,8-10H2,2-6H3/t13-/m0/s1. The third kappa shape index (κ3) is 5.04. The molecule has 1 amide bonds. The number of carbonyl (C=O) groups is 2. The molecular formula is C15H26N2O5S. The van der Waals surface area contributed by atoms with Gasteiger partial charge in [0.05, 0.1) is 6.54 Å². The summed E-state index contributed by atoms with van der Waals surface area (Å²) in [5.74, 6) is -1.02. The second-order valence-corrected chi connectivity index (χ2v) is 8.73. The quantitative estimate of drug-likeness (QED) is 0.693. The molecule has 1 heterocycles. The fourth-order valence-corrected chi connectivity index (χ4v) is 3.24. The summed E-state index contributed by atoms with van der Waals surface area (Å²) in [7, 11) is -3.64. The number of carbonyl (C=O) groups excluding carboxylic acids is 2.